The van der Waals surface area contributed by atoms with E-state index in [-0.39, 0.29) is 24.4 Å². The summed E-state index contributed by atoms with van der Waals surface area (Å²) < 4.78 is 5.34. The van der Waals surface area contributed by atoms with Crippen LogP contribution >= 0.6 is 12.4 Å². The normalized spacial score (nSPS) is 11.7. The monoisotopic (exact) mass is 238 g/mol. The molecule has 0 aromatic heterocycles. The van der Waals surface area contributed by atoms with Crippen molar-refractivity contribution in [1.82, 2.24) is 10.6 Å². The maximum Gasteiger partial charge on any atom is 0.248 e. The minimum atomic E-state index is -0.335. The van der Waals surface area contributed by atoms with Crippen LogP contribution in [0.1, 0.15) is 26.7 Å². The first-order chi connectivity index (χ1) is 6.72. The minimum Gasteiger partial charge on any atom is -0.369 e. The highest BCUT2D eigenvalue weighted by molar-refractivity contribution is 5.85. The van der Waals surface area contributed by atoms with Crippen molar-refractivity contribution in [1.29, 1.82) is 0 Å². The Morgan fingerprint density at radius 3 is 2.60 bits per heavy atom. The highest BCUT2D eigenvalue weighted by atomic mass is 35.5. The average Bonchev–Trinajstić information content (AvgIpc) is 2.18. The molecule has 92 valence electrons. The second kappa shape index (κ2) is 11.8. The Bertz CT molecular complexity index is 156. The Labute approximate surface area is 98.6 Å². The highest BCUT2D eigenvalue weighted by Gasteiger charge is 2.11. The number of amides is 1. The van der Waals surface area contributed by atoms with Crippen molar-refractivity contribution in [3.8, 4) is 0 Å². The van der Waals surface area contributed by atoms with E-state index in [0.29, 0.717) is 13.2 Å². The first-order valence-electron chi connectivity index (χ1n) is 5.26. The van der Waals surface area contributed by atoms with Crippen LogP contribution in [0.2, 0.25) is 0 Å². The van der Waals surface area contributed by atoms with Crippen LogP contribution in [0.4, 0.5) is 0 Å². The summed E-state index contributed by atoms with van der Waals surface area (Å²) in [5.74, 6) is -0.0312. The van der Waals surface area contributed by atoms with Gasteiger partial charge in [0, 0.05) is 19.7 Å². The lowest BCUT2D eigenvalue weighted by Crippen LogP contribution is -2.38. The van der Waals surface area contributed by atoms with E-state index in [4.69, 9.17) is 4.74 Å². The van der Waals surface area contributed by atoms with Gasteiger partial charge in [0.05, 0.1) is 0 Å². The molecule has 0 saturated carbocycles. The Balaban J connectivity index is 0. The highest BCUT2D eigenvalue weighted by Crippen LogP contribution is 1.94. The molecular formula is C10H23ClN2O2. The van der Waals surface area contributed by atoms with Crippen molar-refractivity contribution in [2.45, 2.75) is 32.8 Å². The van der Waals surface area contributed by atoms with Crippen LogP contribution in [0.15, 0.2) is 0 Å². The molecule has 0 aliphatic rings. The summed E-state index contributed by atoms with van der Waals surface area (Å²) in [7, 11) is 1.85. The van der Waals surface area contributed by atoms with Gasteiger partial charge < -0.3 is 15.4 Å². The van der Waals surface area contributed by atoms with Gasteiger partial charge in [0.1, 0.15) is 6.10 Å². The van der Waals surface area contributed by atoms with Crippen LogP contribution < -0.4 is 10.6 Å². The zero-order valence-electron chi connectivity index (χ0n) is 9.84. The quantitative estimate of drug-likeness (QED) is 0.619. The molecule has 0 heterocycles. The fourth-order valence-corrected chi connectivity index (χ4v) is 0.935. The zero-order valence-corrected chi connectivity index (χ0v) is 10.7. The molecule has 0 spiro atoms. The standard InChI is InChI=1S/C10H22N2O2.ClH/c1-4-5-8-14-9(2)10(13)12-7-6-11-3;/h9,11H,4-8H2,1-3H3,(H,12,13);1H. The molecule has 2 N–H and O–H groups in total. The van der Waals surface area contributed by atoms with Gasteiger partial charge in [0.2, 0.25) is 5.91 Å². The molecule has 0 aromatic carbocycles. The van der Waals surface area contributed by atoms with E-state index < -0.39 is 0 Å². The third kappa shape index (κ3) is 9.97. The number of unbranched alkanes of at least 4 members (excludes halogenated alkanes) is 1. The van der Waals surface area contributed by atoms with Gasteiger partial charge in [-0.05, 0) is 20.4 Å². The summed E-state index contributed by atoms with van der Waals surface area (Å²) in [4.78, 5) is 11.3. The lowest BCUT2D eigenvalue weighted by Gasteiger charge is -2.12. The number of hydrogen-bond acceptors (Lipinski definition) is 3. The Kier molecular flexibility index (Phi) is 13.4. The third-order valence-corrected chi connectivity index (χ3v) is 1.91. The molecule has 0 radical (unpaired) electrons. The second-order valence-corrected chi connectivity index (χ2v) is 3.26. The minimum absolute atomic E-state index is 0. The van der Waals surface area contributed by atoms with Crippen molar-refractivity contribution in [3.63, 3.8) is 0 Å². The molecule has 0 aliphatic heterocycles. The van der Waals surface area contributed by atoms with E-state index in [9.17, 15) is 4.79 Å². The number of likely N-dealkylation sites (N-methyl/N-ethyl adjacent to an activating group) is 1. The van der Waals surface area contributed by atoms with Crippen LogP contribution in [0.3, 0.4) is 0 Å². The number of halogens is 1. The van der Waals surface area contributed by atoms with Crippen LogP contribution in [0, 0.1) is 0 Å². The lowest BCUT2D eigenvalue weighted by atomic mass is 10.3. The van der Waals surface area contributed by atoms with Gasteiger partial charge in [0.25, 0.3) is 0 Å². The molecule has 5 heteroatoms. The van der Waals surface area contributed by atoms with Gasteiger partial charge >= 0.3 is 0 Å². The largest absolute Gasteiger partial charge is 0.369 e. The summed E-state index contributed by atoms with van der Waals surface area (Å²) >= 11 is 0. The first-order valence-corrected chi connectivity index (χ1v) is 5.26. The fraction of sp³-hybridized carbons (Fsp3) is 0.900. The maximum atomic E-state index is 11.3. The smallest absolute Gasteiger partial charge is 0.248 e. The summed E-state index contributed by atoms with van der Waals surface area (Å²) in [6.45, 7) is 5.98. The predicted molar refractivity (Wildman–Crippen MR) is 64.5 cm³/mol. The van der Waals surface area contributed by atoms with Crippen molar-refractivity contribution in [2.24, 2.45) is 0 Å². The fourth-order valence-electron chi connectivity index (χ4n) is 0.935. The van der Waals surface area contributed by atoms with Crippen LogP contribution in [-0.4, -0.2) is 38.8 Å². The number of carbonyl (C=O) groups excluding carboxylic acids is 1. The van der Waals surface area contributed by atoms with E-state index >= 15 is 0 Å². The van der Waals surface area contributed by atoms with Crippen molar-refractivity contribution < 1.29 is 9.53 Å². The molecule has 0 fully saturated rings. The van der Waals surface area contributed by atoms with Gasteiger partial charge in [-0.2, -0.15) is 0 Å². The van der Waals surface area contributed by atoms with Crippen LogP contribution in [0.5, 0.6) is 0 Å². The molecule has 0 saturated heterocycles. The maximum absolute atomic E-state index is 11.3. The predicted octanol–water partition coefficient (Wildman–Crippen LogP) is 0.949. The molecule has 1 atom stereocenters. The van der Waals surface area contributed by atoms with Crippen molar-refractivity contribution >= 4 is 18.3 Å². The number of rotatable bonds is 8. The Hall–Kier alpha value is -0.320. The molecule has 1 amide bonds. The van der Waals surface area contributed by atoms with Crippen LogP contribution in [0.25, 0.3) is 0 Å². The van der Waals surface area contributed by atoms with Crippen molar-refractivity contribution in [3.05, 3.63) is 0 Å². The molecule has 1 unspecified atom stereocenters. The van der Waals surface area contributed by atoms with Crippen LogP contribution in [-0.2, 0) is 9.53 Å². The molecule has 0 bridgehead atoms. The zero-order chi connectivity index (χ0) is 10.8. The molecule has 0 aromatic rings. The van der Waals surface area contributed by atoms with Gasteiger partial charge in [-0.15, -0.1) is 12.4 Å². The topological polar surface area (TPSA) is 50.4 Å². The Morgan fingerprint density at radius 1 is 1.40 bits per heavy atom. The lowest BCUT2D eigenvalue weighted by molar-refractivity contribution is -0.131. The van der Waals surface area contributed by atoms with Gasteiger partial charge in [-0.3, -0.25) is 4.79 Å². The first kappa shape index (κ1) is 17.1. The molecule has 0 aliphatic carbocycles. The Morgan fingerprint density at radius 2 is 2.07 bits per heavy atom. The van der Waals surface area contributed by atoms with Gasteiger partial charge in [-0.1, -0.05) is 13.3 Å². The van der Waals surface area contributed by atoms with E-state index in [1.54, 1.807) is 6.92 Å². The molecule has 15 heavy (non-hydrogen) atoms. The van der Waals surface area contributed by atoms with E-state index in [0.717, 1.165) is 19.4 Å². The molecule has 0 rings (SSSR count). The summed E-state index contributed by atoms with van der Waals surface area (Å²) in [6.07, 6.45) is 1.76. The number of nitrogens with one attached hydrogen (secondary N) is 2. The van der Waals surface area contributed by atoms with Gasteiger partial charge in [0.15, 0.2) is 0 Å². The number of carbonyl (C=O) groups is 1. The molecular weight excluding hydrogens is 216 g/mol. The van der Waals surface area contributed by atoms with Gasteiger partial charge in [-0.25, -0.2) is 0 Å². The van der Waals surface area contributed by atoms with E-state index in [1.807, 2.05) is 7.05 Å². The molecule has 4 nitrogen and oxygen atoms in total. The SMILES string of the molecule is CCCCOC(C)C(=O)NCCNC.Cl. The van der Waals surface area contributed by atoms with E-state index in [1.165, 1.54) is 0 Å². The average molecular weight is 239 g/mol. The van der Waals surface area contributed by atoms with Crippen molar-refractivity contribution in [2.75, 3.05) is 26.7 Å². The summed E-state index contributed by atoms with van der Waals surface area (Å²) in [6, 6.07) is 0. The third-order valence-electron chi connectivity index (χ3n) is 1.91. The summed E-state index contributed by atoms with van der Waals surface area (Å²) in [5.41, 5.74) is 0. The summed E-state index contributed by atoms with van der Waals surface area (Å²) in [5, 5.41) is 5.74. The number of ether oxygens (including phenoxy) is 1. The second-order valence-electron chi connectivity index (χ2n) is 3.26. The number of hydrogen-bond donors (Lipinski definition) is 2. The van der Waals surface area contributed by atoms with E-state index in [2.05, 4.69) is 17.6 Å².